The Morgan fingerprint density at radius 1 is 1.30 bits per heavy atom. The standard InChI is InChI=1S/C14H23N3O2S/c1-11(2)16-20(18,19)14-6-4-12(5-7-14)17(3)13-8-9-15-10-13/h4-7,11,13,15-16H,8-10H2,1-3H3. The first-order valence-electron chi connectivity index (χ1n) is 6.96. The molecule has 0 amide bonds. The summed E-state index contributed by atoms with van der Waals surface area (Å²) in [7, 11) is -1.35. The van der Waals surface area contributed by atoms with Crippen LogP contribution >= 0.6 is 0 Å². The fraction of sp³-hybridized carbons (Fsp3) is 0.571. The van der Waals surface area contributed by atoms with E-state index in [0.717, 1.165) is 25.2 Å². The number of likely N-dealkylation sites (N-methyl/N-ethyl adjacent to an activating group) is 1. The van der Waals surface area contributed by atoms with Crippen LogP contribution in [0.2, 0.25) is 0 Å². The average Bonchev–Trinajstić information content (AvgIpc) is 2.90. The zero-order valence-corrected chi connectivity index (χ0v) is 13.1. The number of nitrogens with zero attached hydrogens (tertiary/aromatic N) is 1. The Labute approximate surface area is 121 Å². The molecule has 1 fully saturated rings. The third-order valence-corrected chi connectivity index (χ3v) is 5.20. The molecule has 0 spiro atoms. The lowest BCUT2D eigenvalue weighted by Gasteiger charge is -2.26. The molecule has 20 heavy (non-hydrogen) atoms. The predicted octanol–water partition coefficient (Wildman–Crippen LogP) is 1.17. The molecule has 5 nitrogen and oxygen atoms in total. The summed E-state index contributed by atoms with van der Waals surface area (Å²) in [5, 5.41) is 3.33. The van der Waals surface area contributed by atoms with Gasteiger partial charge < -0.3 is 10.2 Å². The molecule has 1 aromatic rings. The maximum absolute atomic E-state index is 12.0. The van der Waals surface area contributed by atoms with Crippen LogP contribution in [0.25, 0.3) is 0 Å². The maximum Gasteiger partial charge on any atom is 0.240 e. The van der Waals surface area contributed by atoms with E-state index in [1.165, 1.54) is 0 Å². The quantitative estimate of drug-likeness (QED) is 0.856. The van der Waals surface area contributed by atoms with Crippen molar-refractivity contribution in [2.45, 2.75) is 37.2 Å². The number of hydrogen-bond donors (Lipinski definition) is 2. The highest BCUT2D eigenvalue weighted by Gasteiger charge is 2.20. The van der Waals surface area contributed by atoms with Gasteiger partial charge in [0.25, 0.3) is 0 Å². The Hall–Kier alpha value is -1.11. The Morgan fingerprint density at radius 2 is 1.95 bits per heavy atom. The minimum Gasteiger partial charge on any atom is -0.370 e. The van der Waals surface area contributed by atoms with Crippen LogP contribution in [0.5, 0.6) is 0 Å². The lowest BCUT2D eigenvalue weighted by Crippen LogP contribution is -2.33. The molecular weight excluding hydrogens is 274 g/mol. The summed E-state index contributed by atoms with van der Waals surface area (Å²) in [6, 6.07) is 7.44. The highest BCUT2D eigenvalue weighted by molar-refractivity contribution is 7.89. The summed E-state index contributed by atoms with van der Waals surface area (Å²) >= 11 is 0. The molecule has 0 aliphatic carbocycles. The summed E-state index contributed by atoms with van der Waals surface area (Å²) in [6.07, 6.45) is 1.12. The van der Waals surface area contributed by atoms with Gasteiger partial charge in [-0.05, 0) is 51.1 Å². The number of rotatable bonds is 5. The first-order valence-corrected chi connectivity index (χ1v) is 8.44. The molecule has 0 aromatic heterocycles. The van der Waals surface area contributed by atoms with Crippen molar-refractivity contribution in [2.24, 2.45) is 0 Å². The van der Waals surface area contributed by atoms with Gasteiger partial charge in [-0.25, -0.2) is 13.1 Å². The third kappa shape index (κ3) is 3.50. The number of anilines is 1. The monoisotopic (exact) mass is 297 g/mol. The van der Waals surface area contributed by atoms with E-state index in [-0.39, 0.29) is 6.04 Å². The van der Waals surface area contributed by atoms with Crippen molar-refractivity contribution in [3.63, 3.8) is 0 Å². The lowest BCUT2D eigenvalue weighted by atomic mass is 10.2. The molecule has 1 aliphatic heterocycles. The van der Waals surface area contributed by atoms with Gasteiger partial charge in [0.1, 0.15) is 0 Å². The second kappa shape index (κ2) is 6.11. The molecular formula is C14H23N3O2S. The van der Waals surface area contributed by atoms with E-state index in [0.29, 0.717) is 10.9 Å². The Kier molecular flexibility index (Phi) is 4.67. The fourth-order valence-electron chi connectivity index (χ4n) is 2.42. The highest BCUT2D eigenvalue weighted by Crippen LogP contribution is 2.20. The smallest absolute Gasteiger partial charge is 0.240 e. The molecule has 0 saturated carbocycles. The summed E-state index contributed by atoms with van der Waals surface area (Å²) in [5.41, 5.74) is 1.04. The molecule has 112 valence electrons. The molecule has 1 saturated heterocycles. The zero-order chi connectivity index (χ0) is 14.8. The van der Waals surface area contributed by atoms with Gasteiger partial charge in [-0.1, -0.05) is 0 Å². The van der Waals surface area contributed by atoms with Gasteiger partial charge in [0.05, 0.1) is 4.90 Å². The van der Waals surface area contributed by atoms with Crippen molar-refractivity contribution in [3.05, 3.63) is 24.3 Å². The average molecular weight is 297 g/mol. The van der Waals surface area contributed by atoms with E-state index in [1.807, 2.05) is 33.0 Å². The number of nitrogens with one attached hydrogen (secondary N) is 2. The van der Waals surface area contributed by atoms with Gasteiger partial charge in [0.2, 0.25) is 10.0 Å². The van der Waals surface area contributed by atoms with E-state index in [9.17, 15) is 8.42 Å². The Bertz CT molecular complexity index is 534. The first kappa shape index (κ1) is 15.3. The molecule has 2 N–H and O–H groups in total. The van der Waals surface area contributed by atoms with E-state index in [1.54, 1.807) is 12.1 Å². The second-order valence-corrected chi connectivity index (χ2v) is 7.24. The fourth-order valence-corrected chi connectivity index (χ4v) is 3.67. The van der Waals surface area contributed by atoms with Crippen LogP contribution in [0.1, 0.15) is 20.3 Å². The topological polar surface area (TPSA) is 61.4 Å². The summed E-state index contributed by atoms with van der Waals surface area (Å²) in [5.74, 6) is 0. The molecule has 1 aliphatic rings. The predicted molar refractivity (Wildman–Crippen MR) is 81.6 cm³/mol. The largest absolute Gasteiger partial charge is 0.370 e. The number of benzene rings is 1. The molecule has 1 aromatic carbocycles. The molecule has 1 unspecified atom stereocenters. The van der Waals surface area contributed by atoms with E-state index in [2.05, 4.69) is 14.9 Å². The van der Waals surface area contributed by atoms with Crippen LogP contribution in [0.3, 0.4) is 0 Å². The summed E-state index contributed by atoms with van der Waals surface area (Å²) in [6.45, 7) is 5.64. The SMILES string of the molecule is CC(C)NS(=O)(=O)c1ccc(N(C)C2CCNC2)cc1. The minimum atomic E-state index is -3.40. The van der Waals surface area contributed by atoms with Crippen molar-refractivity contribution < 1.29 is 8.42 Å². The normalized spacial score (nSPS) is 19.5. The Morgan fingerprint density at radius 3 is 2.45 bits per heavy atom. The van der Waals surface area contributed by atoms with Crippen LogP contribution in [-0.2, 0) is 10.0 Å². The zero-order valence-electron chi connectivity index (χ0n) is 12.3. The molecule has 1 heterocycles. The third-order valence-electron chi connectivity index (χ3n) is 3.53. The van der Waals surface area contributed by atoms with Crippen molar-refractivity contribution in [2.75, 3.05) is 25.0 Å². The van der Waals surface area contributed by atoms with Gasteiger partial charge in [-0.3, -0.25) is 0 Å². The van der Waals surface area contributed by atoms with Crippen LogP contribution < -0.4 is 14.9 Å². The van der Waals surface area contributed by atoms with Crippen molar-refractivity contribution >= 4 is 15.7 Å². The van der Waals surface area contributed by atoms with Gasteiger partial charge in [-0.2, -0.15) is 0 Å². The second-order valence-electron chi connectivity index (χ2n) is 5.53. The van der Waals surface area contributed by atoms with Crippen LogP contribution in [0, 0.1) is 0 Å². The summed E-state index contributed by atoms with van der Waals surface area (Å²) < 4.78 is 26.7. The van der Waals surface area contributed by atoms with Gasteiger partial charge in [0.15, 0.2) is 0 Å². The van der Waals surface area contributed by atoms with Gasteiger partial charge in [-0.15, -0.1) is 0 Å². The Balaban J connectivity index is 2.13. The van der Waals surface area contributed by atoms with Crippen LogP contribution in [0.4, 0.5) is 5.69 Å². The van der Waals surface area contributed by atoms with E-state index >= 15 is 0 Å². The molecule has 6 heteroatoms. The van der Waals surface area contributed by atoms with Crippen molar-refractivity contribution in [1.29, 1.82) is 0 Å². The van der Waals surface area contributed by atoms with Gasteiger partial charge >= 0.3 is 0 Å². The molecule has 0 bridgehead atoms. The lowest BCUT2D eigenvalue weighted by molar-refractivity contribution is 0.570. The van der Waals surface area contributed by atoms with Crippen LogP contribution in [0.15, 0.2) is 29.2 Å². The first-order chi connectivity index (χ1) is 9.40. The molecule has 1 atom stereocenters. The molecule has 0 radical (unpaired) electrons. The maximum atomic E-state index is 12.0. The van der Waals surface area contributed by atoms with Crippen molar-refractivity contribution in [3.8, 4) is 0 Å². The van der Waals surface area contributed by atoms with Crippen LogP contribution in [-0.4, -0.2) is 40.6 Å². The van der Waals surface area contributed by atoms with E-state index < -0.39 is 10.0 Å². The van der Waals surface area contributed by atoms with Gasteiger partial charge in [0, 0.05) is 31.4 Å². The van der Waals surface area contributed by atoms with Crippen molar-refractivity contribution in [1.82, 2.24) is 10.0 Å². The minimum absolute atomic E-state index is 0.105. The van der Waals surface area contributed by atoms with E-state index in [4.69, 9.17) is 0 Å². The number of sulfonamides is 1. The summed E-state index contributed by atoms with van der Waals surface area (Å²) in [4.78, 5) is 2.51. The highest BCUT2D eigenvalue weighted by atomic mass is 32.2. The number of hydrogen-bond acceptors (Lipinski definition) is 4. The molecule has 2 rings (SSSR count).